The van der Waals surface area contributed by atoms with Gasteiger partial charge in [-0.15, -0.1) is 11.3 Å². The number of rotatable bonds is 6. The second kappa shape index (κ2) is 8.15. The molecule has 1 aromatic heterocycles. The Morgan fingerprint density at radius 2 is 2.28 bits per heavy atom. The summed E-state index contributed by atoms with van der Waals surface area (Å²) in [5.74, 6) is -0.216. The molecule has 0 unspecified atom stereocenters. The lowest BCUT2D eigenvalue weighted by atomic mass is 10.0. The van der Waals surface area contributed by atoms with Crippen LogP contribution < -0.4 is 10.1 Å². The van der Waals surface area contributed by atoms with Crippen LogP contribution in [0.15, 0.2) is 18.2 Å². The van der Waals surface area contributed by atoms with Gasteiger partial charge in [0, 0.05) is 23.8 Å². The second-order valence-electron chi connectivity index (χ2n) is 6.43. The normalized spacial score (nSPS) is 18.4. The number of piperidine rings is 1. The number of carbonyl (C=O) groups is 1. The summed E-state index contributed by atoms with van der Waals surface area (Å²) in [6.07, 6.45) is 4.92. The van der Waals surface area contributed by atoms with Crippen LogP contribution in [0.5, 0.6) is 5.75 Å². The first kappa shape index (κ1) is 18.1. The fraction of sp³-hybridized carbons (Fsp3) is 0.526. The summed E-state index contributed by atoms with van der Waals surface area (Å²) in [4.78, 5) is 15.5. The zero-order valence-electron chi connectivity index (χ0n) is 14.8. The molecule has 1 aliphatic heterocycles. The fourth-order valence-corrected chi connectivity index (χ4v) is 4.74. The highest BCUT2D eigenvalue weighted by Crippen LogP contribution is 2.39. The monoisotopic (exact) mass is 364 g/mol. The van der Waals surface area contributed by atoms with Crippen LogP contribution in [-0.2, 0) is 0 Å². The van der Waals surface area contributed by atoms with Gasteiger partial charge in [0.25, 0.3) is 5.91 Å². The first-order valence-corrected chi connectivity index (χ1v) is 9.74. The summed E-state index contributed by atoms with van der Waals surface area (Å²) < 4.78 is 20.1. The third-order valence-electron chi connectivity index (χ3n) is 4.94. The zero-order valence-corrected chi connectivity index (χ0v) is 15.6. The molecule has 0 aliphatic carbocycles. The van der Waals surface area contributed by atoms with E-state index < -0.39 is 0 Å². The molecule has 1 saturated heterocycles. The highest BCUT2D eigenvalue weighted by atomic mass is 32.1. The van der Waals surface area contributed by atoms with Gasteiger partial charge in [0.15, 0.2) is 5.75 Å². The maximum absolute atomic E-state index is 14.1. The lowest BCUT2D eigenvalue weighted by Crippen LogP contribution is -2.43. The van der Waals surface area contributed by atoms with E-state index in [1.165, 1.54) is 43.8 Å². The summed E-state index contributed by atoms with van der Waals surface area (Å²) in [7, 11) is 1.48. The minimum Gasteiger partial charge on any atom is -0.494 e. The van der Waals surface area contributed by atoms with Crippen molar-refractivity contribution in [3.63, 3.8) is 0 Å². The van der Waals surface area contributed by atoms with Crippen molar-refractivity contribution in [3.8, 4) is 5.75 Å². The molecule has 1 atom stereocenters. The van der Waals surface area contributed by atoms with E-state index in [0.717, 1.165) is 24.2 Å². The molecule has 6 heteroatoms. The van der Waals surface area contributed by atoms with Crippen molar-refractivity contribution in [2.24, 2.45) is 0 Å². The highest BCUT2D eigenvalue weighted by Gasteiger charge is 2.23. The standard InChI is InChI=1S/C19H25FN2O2S/c1-3-13-7-4-5-11-22(13)12-10-21-19(23)18-17(24-2)16-14(20)8-6-9-15(16)25-18/h6,8-9,13H,3-5,7,10-12H2,1-2H3,(H,21,23)/t13-/m0/s1. The number of carbonyl (C=O) groups excluding carboxylic acids is 1. The number of hydrogen-bond acceptors (Lipinski definition) is 4. The maximum atomic E-state index is 14.1. The predicted molar refractivity (Wildman–Crippen MR) is 100 cm³/mol. The highest BCUT2D eigenvalue weighted by molar-refractivity contribution is 7.21. The molecular formula is C19H25FN2O2S. The number of amides is 1. The van der Waals surface area contributed by atoms with Crippen molar-refractivity contribution < 1.29 is 13.9 Å². The molecule has 4 nitrogen and oxygen atoms in total. The van der Waals surface area contributed by atoms with Gasteiger partial charge in [0.05, 0.1) is 12.5 Å². The minimum absolute atomic E-state index is 0.192. The molecule has 1 aromatic carbocycles. The molecule has 2 heterocycles. The number of thiophene rings is 1. The Morgan fingerprint density at radius 3 is 3.04 bits per heavy atom. The summed E-state index contributed by atoms with van der Waals surface area (Å²) in [5.41, 5.74) is 0. The number of nitrogens with one attached hydrogen (secondary N) is 1. The average molecular weight is 364 g/mol. The van der Waals surface area contributed by atoms with Crippen LogP contribution in [-0.4, -0.2) is 43.6 Å². The van der Waals surface area contributed by atoms with E-state index in [2.05, 4.69) is 17.1 Å². The van der Waals surface area contributed by atoms with Gasteiger partial charge in [-0.3, -0.25) is 9.69 Å². The molecule has 25 heavy (non-hydrogen) atoms. The number of nitrogens with zero attached hydrogens (tertiary/aromatic N) is 1. The first-order chi connectivity index (χ1) is 12.2. The molecule has 1 amide bonds. The molecule has 0 spiro atoms. The number of benzene rings is 1. The third kappa shape index (κ3) is 3.80. The van der Waals surface area contributed by atoms with E-state index in [0.29, 0.717) is 28.6 Å². The second-order valence-corrected chi connectivity index (χ2v) is 7.48. The van der Waals surface area contributed by atoms with Crippen molar-refractivity contribution in [3.05, 3.63) is 28.9 Å². The smallest absolute Gasteiger partial charge is 0.265 e. The summed E-state index contributed by atoms with van der Waals surface area (Å²) >= 11 is 1.27. The lowest BCUT2D eigenvalue weighted by molar-refractivity contribution is 0.0935. The number of likely N-dealkylation sites (tertiary alicyclic amines) is 1. The van der Waals surface area contributed by atoms with Crippen LogP contribution in [0.2, 0.25) is 0 Å². The Bertz CT molecular complexity index is 746. The van der Waals surface area contributed by atoms with Crippen molar-refractivity contribution in [2.75, 3.05) is 26.7 Å². The van der Waals surface area contributed by atoms with Gasteiger partial charge in [0.2, 0.25) is 0 Å². The fourth-order valence-electron chi connectivity index (χ4n) is 3.63. The van der Waals surface area contributed by atoms with Crippen molar-refractivity contribution in [1.29, 1.82) is 0 Å². The van der Waals surface area contributed by atoms with E-state index >= 15 is 0 Å². The number of fused-ring (bicyclic) bond motifs is 1. The van der Waals surface area contributed by atoms with Gasteiger partial charge in [-0.2, -0.15) is 0 Å². The summed E-state index contributed by atoms with van der Waals surface area (Å²) in [6, 6.07) is 5.47. The Hall–Kier alpha value is -1.66. The van der Waals surface area contributed by atoms with Crippen LogP contribution in [0, 0.1) is 5.82 Å². The molecule has 1 aliphatic rings. The van der Waals surface area contributed by atoms with Gasteiger partial charge >= 0.3 is 0 Å². The van der Waals surface area contributed by atoms with Gasteiger partial charge < -0.3 is 10.1 Å². The van der Waals surface area contributed by atoms with Crippen LogP contribution in [0.25, 0.3) is 10.1 Å². The molecule has 0 radical (unpaired) electrons. The summed E-state index contributed by atoms with van der Waals surface area (Å²) in [6.45, 7) is 4.77. The third-order valence-corrected chi connectivity index (χ3v) is 6.07. The molecule has 0 bridgehead atoms. The van der Waals surface area contributed by atoms with Crippen LogP contribution in [0.1, 0.15) is 42.3 Å². The van der Waals surface area contributed by atoms with Gasteiger partial charge in [-0.25, -0.2) is 4.39 Å². The summed E-state index contributed by atoms with van der Waals surface area (Å²) in [5, 5.41) is 3.36. The minimum atomic E-state index is -0.358. The number of methoxy groups -OCH3 is 1. The topological polar surface area (TPSA) is 41.6 Å². The Morgan fingerprint density at radius 1 is 1.44 bits per heavy atom. The Balaban J connectivity index is 1.67. The van der Waals surface area contributed by atoms with Crippen molar-refractivity contribution >= 4 is 27.3 Å². The molecule has 0 saturated carbocycles. The van der Waals surface area contributed by atoms with E-state index in [-0.39, 0.29) is 11.7 Å². The Kier molecular flexibility index (Phi) is 5.91. The van der Waals surface area contributed by atoms with E-state index in [1.54, 1.807) is 6.07 Å². The molecule has 136 valence electrons. The van der Waals surface area contributed by atoms with Gasteiger partial charge in [0.1, 0.15) is 10.7 Å². The maximum Gasteiger partial charge on any atom is 0.265 e. The largest absolute Gasteiger partial charge is 0.494 e. The average Bonchev–Trinajstić information content (AvgIpc) is 3.02. The molecule has 1 N–H and O–H groups in total. The number of hydrogen-bond donors (Lipinski definition) is 1. The molecule has 1 fully saturated rings. The van der Waals surface area contributed by atoms with E-state index in [9.17, 15) is 9.18 Å². The van der Waals surface area contributed by atoms with Crippen LogP contribution in [0.3, 0.4) is 0 Å². The van der Waals surface area contributed by atoms with Crippen LogP contribution in [0.4, 0.5) is 4.39 Å². The van der Waals surface area contributed by atoms with Crippen molar-refractivity contribution in [2.45, 2.75) is 38.6 Å². The van der Waals surface area contributed by atoms with E-state index in [4.69, 9.17) is 4.74 Å². The molecule has 2 aromatic rings. The van der Waals surface area contributed by atoms with Gasteiger partial charge in [-0.1, -0.05) is 19.4 Å². The molecular weight excluding hydrogens is 339 g/mol. The number of ether oxygens (including phenoxy) is 1. The Labute approximate surface area is 152 Å². The first-order valence-electron chi connectivity index (χ1n) is 8.93. The lowest BCUT2D eigenvalue weighted by Gasteiger charge is -2.35. The quantitative estimate of drug-likeness (QED) is 0.841. The zero-order chi connectivity index (χ0) is 17.8. The number of halogens is 1. The van der Waals surface area contributed by atoms with Crippen molar-refractivity contribution in [1.82, 2.24) is 10.2 Å². The van der Waals surface area contributed by atoms with Crippen LogP contribution >= 0.6 is 11.3 Å². The molecule has 3 rings (SSSR count). The SMILES string of the molecule is CC[C@H]1CCCCN1CCNC(=O)c1sc2cccc(F)c2c1OC. The van der Waals surface area contributed by atoms with E-state index in [1.807, 2.05) is 6.07 Å². The van der Waals surface area contributed by atoms with Gasteiger partial charge in [-0.05, 0) is 37.9 Å². The predicted octanol–water partition coefficient (Wildman–Crippen LogP) is 4.04.